The van der Waals surface area contributed by atoms with E-state index in [2.05, 4.69) is 37.8 Å². The zero-order valence-corrected chi connectivity index (χ0v) is 12.6. The van der Waals surface area contributed by atoms with Crippen molar-refractivity contribution in [2.45, 2.75) is 71.4 Å². The van der Waals surface area contributed by atoms with Crippen LogP contribution in [0.5, 0.6) is 0 Å². The number of thioether (sulfide) groups is 1. The van der Waals surface area contributed by atoms with E-state index in [9.17, 15) is 0 Å². The first-order chi connectivity index (χ1) is 8.09. The number of hydrogen-bond acceptors (Lipinski definition) is 2. The fraction of sp³-hybridized carbons (Fsp3) is 1.00. The Labute approximate surface area is 112 Å². The van der Waals surface area contributed by atoms with E-state index in [1.165, 1.54) is 50.0 Å². The molecule has 1 saturated heterocycles. The van der Waals surface area contributed by atoms with Crippen molar-refractivity contribution in [2.24, 2.45) is 11.3 Å². The van der Waals surface area contributed by atoms with Gasteiger partial charge in [0, 0.05) is 17.8 Å². The van der Waals surface area contributed by atoms with Crippen LogP contribution < -0.4 is 5.32 Å². The Bertz CT molecular complexity index is 239. The summed E-state index contributed by atoms with van der Waals surface area (Å²) < 4.78 is 0. The zero-order chi connectivity index (χ0) is 12.3. The molecule has 2 aliphatic rings. The molecule has 2 fully saturated rings. The normalized spacial score (nSPS) is 37.9. The summed E-state index contributed by atoms with van der Waals surface area (Å²) in [6.45, 7) is 7.19. The molecule has 1 heterocycles. The Morgan fingerprint density at radius 2 is 2.06 bits per heavy atom. The van der Waals surface area contributed by atoms with Gasteiger partial charge in [-0.25, -0.2) is 0 Å². The second-order valence-corrected chi connectivity index (χ2v) is 7.92. The molecule has 0 bridgehead atoms. The van der Waals surface area contributed by atoms with Crippen LogP contribution in [-0.4, -0.2) is 23.6 Å². The van der Waals surface area contributed by atoms with E-state index in [-0.39, 0.29) is 0 Å². The third-order valence-electron chi connectivity index (χ3n) is 4.44. The summed E-state index contributed by atoms with van der Waals surface area (Å²) in [7, 11) is 0. The molecule has 3 unspecified atom stereocenters. The molecule has 1 N–H and O–H groups in total. The van der Waals surface area contributed by atoms with E-state index in [0.29, 0.717) is 5.41 Å². The maximum atomic E-state index is 3.96. The molecule has 0 amide bonds. The fourth-order valence-electron chi connectivity index (χ4n) is 3.52. The second-order valence-electron chi connectivity index (χ2n) is 6.88. The monoisotopic (exact) mass is 255 g/mol. The van der Waals surface area contributed by atoms with Crippen molar-refractivity contribution in [2.75, 3.05) is 11.5 Å². The average molecular weight is 255 g/mol. The topological polar surface area (TPSA) is 12.0 Å². The van der Waals surface area contributed by atoms with E-state index in [0.717, 1.165) is 18.0 Å². The second kappa shape index (κ2) is 5.97. The van der Waals surface area contributed by atoms with E-state index in [4.69, 9.17) is 0 Å². The Balaban J connectivity index is 1.80. The summed E-state index contributed by atoms with van der Waals surface area (Å²) in [6, 6.07) is 1.58. The smallest absolute Gasteiger partial charge is 0.0166 e. The lowest BCUT2D eigenvalue weighted by Crippen LogP contribution is -2.46. The zero-order valence-electron chi connectivity index (χ0n) is 11.8. The van der Waals surface area contributed by atoms with Gasteiger partial charge in [0.1, 0.15) is 0 Å². The lowest BCUT2D eigenvalue weighted by molar-refractivity contribution is 0.237. The predicted octanol–water partition coefficient (Wildman–Crippen LogP) is 4.08. The fourth-order valence-corrected chi connectivity index (χ4v) is 4.80. The third-order valence-corrected chi connectivity index (χ3v) is 6.07. The molecule has 100 valence electrons. The van der Waals surface area contributed by atoms with Gasteiger partial charge in [-0.3, -0.25) is 0 Å². The number of hydrogen-bond donors (Lipinski definition) is 1. The molecular weight excluding hydrogens is 226 g/mol. The van der Waals surface area contributed by atoms with Crippen LogP contribution in [0.3, 0.4) is 0 Å². The Kier molecular flexibility index (Phi) is 4.82. The lowest BCUT2D eigenvalue weighted by atomic mass is 9.82. The first-order valence-corrected chi connectivity index (χ1v) is 8.58. The van der Waals surface area contributed by atoms with Crippen LogP contribution in [0.1, 0.15) is 59.3 Å². The highest BCUT2D eigenvalue weighted by Gasteiger charge is 2.30. The van der Waals surface area contributed by atoms with E-state index >= 15 is 0 Å². The molecule has 17 heavy (non-hydrogen) atoms. The van der Waals surface area contributed by atoms with E-state index in [1.54, 1.807) is 0 Å². The molecule has 3 atom stereocenters. The maximum absolute atomic E-state index is 3.96. The van der Waals surface area contributed by atoms with Crippen molar-refractivity contribution >= 4 is 11.8 Å². The quantitative estimate of drug-likeness (QED) is 0.815. The minimum atomic E-state index is 0.541. The summed E-state index contributed by atoms with van der Waals surface area (Å²) in [6.07, 6.45) is 8.51. The van der Waals surface area contributed by atoms with Gasteiger partial charge in [0.05, 0.1) is 0 Å². The van der Waals surface area contributed by atoms with Crippen LogP contribution in [0.2, 0.25) is 0 Å². The molecule has 0 spiro atoms. The highest BCUT2D eigenvalue weighted by molar-refractivity contribution is 7.99. The molecule has 0 aromatic carbocycles. The van der Waals surface area contributed by atoms with Gasteiger partial charge in [-0.1, -0.05) is 40.0 Å². The van der Waals surface area contributed by atoms with Gasteiger partial charge in [0.2, 0.25) is 0 Å². The van der Waals surface area contributed by atoms with Gasteiger partial charge in [-0.15, -0.1) is 0 Å². The average Bonchev–Trinajstić information content (AvgIpc) is 2.28. The molecule has 1 aliphatic carbocycles. The molecule has 0 aromatic rings. The maximum Gasteiger partial charge on any atom is 0.0166 e. The molecule has 0 radical (unpaired) electrons. The van der Waals surface area contributed by atoms with Crippen molar-refractivity contribution in [3.05, 3.63) is 0 Å². The SMILES string of the molecule is CCC1CCCC(NC2CSCC(C)(C)C2)C1. The third kappa shape index (κ3) is 4.17. The first kappa shape index (κ1) is 13.7. The van der Waals surface area contributed by atoms with Crippen molar-refractivity contribution in [3.8, 4) is 0 Å². The van der Waals surface area contributed by atoms with Crippen molar-refractivity contribution in [1.29, 1.82) is 0 Å². The largest absolute Gasteiger partial charge is 0.310 e. The molecule has 2 rings (SSSR count). The highest BCUT2D eigenvalue weighted by Crippen LogP contribution is 2.34. The van der Waals surface area contributed by atoms with E-state index < -0.39 is 0 Å². The predicted molar refractivity (Wildman–Crippen MR) is 78.7 cm³/mol. The van der Waals surface area contributed by atoms with Crippen molar-refractivity contribution in [1.82, 2.24) is 5.32 Å². The van der Waals surface area contributed by atoms with E-state index in [1.807, 2.05) is 0 Å². The minimum Gasteiger partial charge on any atom is -0.310 e. The summed E-state index contributed by atoms with van der Waals surface area (Å²) in [4.78, 5) is 0. The Morgan fingerprint density at radius 3 is 2.76 bits per heavy atom. The van der Waals surface area contributed by atoms with Gasteiger partial charge in [0.25, 0.3) is 0 Å². The van der Waals surface area contributed by atoms with Crippen molar-refractivity contribution < 1.29 is 0 Å². The molecular formula is C15H29NS. The van der Waals surface area contributed by atoms with Gasteiger partial charge in [0.15, 0.2) is 0 Å². The number of nitrogens with one attached hydrogen (secondary N) is 1. The summed E-state index contributed by atoms with van der Waals surface area (Å²) in [5, 5.41) is 3.96. The number of rotatable bonds is 3. The summed E-state index contributed by atoms with van der Waals surface area (Å²) >= 11 is 2.14. The minimum absolute atomic E-state index is 0.541. The molecule has 1 aliphatic heterocycles. The van der Waals surface area contributed by atoms with Gasteiger partial charge < -0.3 is 5.32 Å². The van der Waals surface area contributed by atoms with Crippen LogP contribution in [-0.2, 0) is 0 Å². The van der Waals surface area contributed by atoms with Gasteiger partial charge in [-0.05, 0) is 36.3 Å². The Morgan fingerprint density at radius 1 is 1.24 bits per heavy atom. The van der Waals surface area contributed by atoms with Crippen LogP contribution >= 0.6 is 11.8 Å². The molecule has 2 heteroatoms. The van der Waals surface area contributed by atoms with Crippen LogP contribution in [0.15, 0.2) is 0 Å². The van der Waals surface area contributed by atoms with Crippen LogP contribution in [0.4, 0.5) is 0 Å². The van der Waals surface area contributed by atoms with Gasteiger partial charge >= 0.3 is 0 Å². The molecule has 1 nitrogen and oxygen atoms in total. The molecule has 0 aromatic heterocycles. The standard InChI is InChI=1S/C15H29NS/c1-4-12-6-5-7-13(8-12)16-14-9-15(2,3)11-17-10-14/h12-14,16H,4-11H2,1-3H3. The first-order valence-electron chi connectivity index (χ1n) is 7.43. The van der Waals surface area contributed by atoms with Crippen molar-refractivity contribution in [3.63, 3.8) is 0 Å². The Hall–Kier alpha value is 0.310. The van der Waals surface area contributed by atoms with Gasteiger partial charge in [-0.2, -0.15) is 11.8 Å². The van der Waals surface area contributed by atoms with Crippen LogP contribution in [0.25, 0.3) is 0 Å². The molecule has 1 saturated carbocycles. The summed E-state index contributed by atoms with van der Waals surface area (Å²) in [5.41, 5.74) is 0.541. The lowest BCUT2D eigenvalue weighted by Gasteiger charge is -2.39. The summed E-state index contributed by atoms with van der Waals surface area (Å²) in [5.74, 6) is 3.66. The highest BCUT2D eigenvalue weighted by atomic mass is 32.2. The van der Waals surface area contributed by atoms with Crippen LogP contribution in [0, 0.1) is 11.3 Å².